The van der Waals surface area contributed by atoms with Gasteiger partial charge in [0.2, 0.25) is 6.79 Å². The van der Waals surface area contributed by atoms with E-state index in [1.54, 1.807) is 17.0 Å². The third kappa shape index (κ3) is 3.52. The van der Waals surface area contributed by atoms with Gasteiger partial charge in [0.05, 0.1) is 12.6 Å². The first kappa shape index (κ1) is 17.8. The van der Waals surface area contributed by atoms with E-state index in [1.165, 1.54) is 0 Å². The van der Waals surface area contributed by atoms with Crippen LogP contribution in [0.15, 0.2) is 12.1 Å². The summed E-state index contributed by atoms with van der Waals surface area (Å²) in [5.41, 5.74) is 0.446. The van der Waals surface area contributed by atoms with Gasteiger partial charge in [-0.25, -0.2) is 4.79 Å². The summed E-state index contributed by atoms with van der Waals surface area (Å²) >= 11 is 0. The largest absolute Gasteiger partial charge is 0.454 e. The van der Waals surface area contributed by atoms with E-state index in [0.717, 1.165) is 6.42 Å². The number of hydrogen-bond acceptors (Lipinski definition) is 6. The van der Waals surface area contributed by atoms with Crippen LogP contribution in [0, 0.1) is 0 Å². The highest BCUT2D eigenvalue weighted by Crippen LogP contribution is 2.44. The van der Waals surface area contributed by atoms with Crippen molar-refractivity contribution in [2.24, 2.45) is 0 Å². The number of rotatable bonds is 3. The number of benzene rings is 1. The normalized spacial score (nSPS) is 20.7. The molecule has 0 radical (unpaired) electrons. The molecule has 0 bridgehead atoms. The molecular weight excluding hydrogens is 326 g/mol. The first-order chi connectivity index (χ1) is 11.8. The summed E-state index contributed by atoms with van der Waals surface area (Å²) in [4.78, 5) is 14.0. The fraction of sp³-hybridized carbons (Fsp3) is 0.611. The third-order valence-electron chi connectivity index (χ3n) is 4.43. The monoisotopic (exact) mass is 351 g/mol. The van der Waals surface area contributed by atoms with Crippen LogP contribution in [0.1, 0.15) is 50.8 Å². The molecule has 0 saturated carbocycles. The van der Waals surface area contributed by atoms with E-state index in [1.807, 2.05) is 20.8 Å². The van der Waals surface area contributed by atoms with Crippen LogP contribution in [0.4, 0.5) is 4.79 Å². The molecule has 138 valence electrons. The number of fused-ring (bicyclic) bond motifs is 1. The van der Waals surface area contributed by atoms with E-state index in [-0.39, 0.29) is 13.4 Å². The lowest BCUT2D eigenvalue weighted by Gasteiger charge is -2.32. The Labute approximate surface area is 147 Å². The van der Waals surface area contributed by atoms with Crippen LogP contribution < -0.4 is 9.47 Å². The number of hydrogen-bond donors (Lipinski definition) is 2. The van der Waals surface area contributed by atoms with Crippen molar-refractivity contribution in [1.29, 1.82) is 0 Å². The summed E-state index contributed by atoms with van der Waals surface area (Å²) in [6.45, 7) is 5.80. The van der Waals surface area contributed by atoms with Gasteiger partial charge < -0.3 is 29.3 Å². The molecule has 0 aliphatic carbocycles. The molecule has 3 rings (SSSR count). The maximum Gasteiger partial charge on any atom is 0.410 e. The van der Waals surface area contributed by atoms with E-state index in [4.69, 9.17) is 14.2 Å². The average Bonchev–Trinajstić information content (AvgIpc) is 3.20. The van der Waals surface area contributed by atoms with Crippen molar-refractivity contribution < 1.29 is 29.2 Å². The molecule has 2 aliphatic rings. The molecule has 0 unspecified atom stereocenters. The zero-order chi connectivity index (χ0) is 18.2. The minimum atomic E-state index is -0.992. The number of ether oxygens (including phenoxy) is 3. The maximum atomic E-state index is 12.5. The lowest BCUT2D eigenvalue weighted by Crippen LogP contribution is -2.42. The van der Waals surface area contributed by atoms with Gasteiger partial charge >= 0.3 is 6.09 Å². The van der Waals surface area contributed by atoms with Gasteiger partial charge in [0.25, 0.3) is 0 Å². The molecule has 2 heterocycles. The Bertz CT molecular complexity index is 654. The van der Waals surface area contributed by atoms with E-state index < -0.39 is 23.8 Å². The molecular formula is C18H25NO6. The first-order valence-corrected chi connectivity index (χ1v) is 8.51. The van der Waals surface area contributed by atoms with E-state index in [2.05, 4.69) is 0 Å². The molecule has 2 aliphatic heterocycles. The second-order valence-corrected chi connectivity index (χ2v) is 7.36. The number of likely N-dealkylation sites (tertiary alicyclic amines) is 1. The standard InChI is InChI=1S/C18H25NO6/c1-18(2,3)25-17(22)19-8-4-5-12(19)15(21)14-11(9-20)6-7-13-16(14)24-10-23-13/h6-7,12,15,20-21H,4-5,8-10H2,1-3H3/t12-,15+/m0/s1. The van der Waals surface area contributed by atoms with Crippen LogP contribution in [-0.2, 0) is 11.3 Å². The Morgan fingerprint density at radius 1 is 1.40 bits per heavy atom. The minimum Gasteiger partial charge on any atom is -0.454 e. The molecule has 2 atom stereocenters. The minimum absolute atomic E-state index is 0.0738. The summed E-state index contributed by atoms with van der Waals surface area (Å²) in [7, 11) is 0. The maximum absolute atomic E-state index is 12.5. The Kier molecular flexibility index (Phi) is 4.79. The van der Waals surface area contributed by atoms with E-state index in [9.17, 15) is 15.0 Å². The van der Waals surface area contributed by atoms with Gasteiger partial charge in [0, 0.05) is 12.1 Å². The second-order valence-electron chi connectivity index (χ2n) is 7.36. The Morgan fingerprint density at radius 3 is 2.84 bits per heavy atom. The Hall–Kier alpha value is -1.99. The van der Waals surface area contributed by atoms with Crippen LogP contribution in [0.3, 0.4) is 0 Å². The molecule has 2 N–H and O–H groups in total. The first-order valence-electron chi connectivity index (χ1n) is 8.51. The van der Waals surface area contributed by atoms with Crippen molar-refractivity contribution in [3.63, 3.8) is 0 Å². The third-order valence-corrected chi connectivity index (χ3v) is 4.43. The Balaban J connectivity index is 1.89. The molecule has 25 heavy (non-hydrogen) atoms. The van der Waals surface area contributed by atoms with Crippen LogP contribution in [0.25, 0.3) is 0 Å². The number of carbonyl (C=O) groups is 1. The number of carbonyl (C=O) groups excluding carboxylic acids is 1. The topological polar surface area (TPSA) is 88.5 Å². The van der Waals surface area contributed by atoms with Crippen molar-refractivity contribution >= 4 is 6.09 Å². The lowest BCUT2D eigenvalue weighted by atomic mass is 9.94. The lowest BCUT2D eigenvalue weighted by molar-refractivity contribution is 0.00417. The van der Waals surface area contributed by atoms with Gasteiger partial charge in [-0.2, -0.15) is 0 Å². The van der Waals surface area contributed by atoms with Crippen LogP contribution >= 0.6 is 0 Å². The number of nitrogens with zero attached hydrogens (tertiary/aromatic N) is 1. The quantitative estimate of drug-likeness (QED) is 0.869. The highest BCUT2D eigenvalue weighted by molar-refractivity contribution is 5.69. The molecule has 0 aromatic heterocycles. The van der Waals surface area contributed by atoms with Crippen LogP contribution in [0.2, 0.25) is 0 Å². The zero-order valence-electron chi connectivity index (χ0n) is 14.8. The summed E-state index contributed by atoms with van der Waals surface area (Å²) < 4.78 is 16.3. The molecule has 1 aromatic rings. The smallest absolute Gasteiger partial charge is 0.410 e. The van der Waals surface area contributed by atoms with Crippen LogP contribution in [-0.4, -0.2) is 46.2 Å². The van der Waals surface area contributed by atoms with E-state index >= 15 is 0 Å². The average molecular weight is 351 g/mol. The van der Waals surface area contributed by atoms with Gasteiger partial charge in [-0.05, 0) is 45.2 Å². The van der Waals surface area contributed by atoms with Gasteiger partial charge in [-0.3, -0.25) is 0 Å². The highest BCUT2D eigenvalue weighted by Gasteiger charge is 2.39. The molecule has 1 aromatic carbocycles. The molecule has 1 fully saturated rings. The number of amides is 1. The molecule has 1 saturated heterocycles. The number of aliphatic hydroxyl groups is 2. The van der Waals surface area contributed by atoms with Crippen molar-refractivity contribution in [2.75, 3.05) is 13.3 Å². The fourth-order valence-electron chi connectivity index (χ4n) is 3.36. The van der Waals surface area contributed by atoms with Gasteiger partial charge in [-0.1, -0.05) is 6.07 Å². The SMILES string of the molecule is CC(C)(C)OC(=O)N1CCC[C@H]1[C@@H](O)c1c(CO)ccc2c1OCO2. The summed E-state index contributed by atoms with van der Waals surface area (Å²) in [5.74, 6) is 0.975. The predicted octanol–water partition coefficient (Wildman–Crippen LogP) is 2.34. The van der Waals surface area contributed by atoms with Crippen molar-refractivity contribution in [2.45, 2.75) is 58.0 Å². The second kappa shape index (κ2) is 6.72. The summed E-state index contributed by atoms with van der Waals surface area (Å²) in [5, 5.41) is 20.7. The van der Waals surface area contributed by atoms with Gasteiger partial charge in [0.15, 0.2) is 11.5 Å². The summed E-state index contributed by atoms with van der Waals surface area (Å²) in [6.07, 6.45) is -0.00407. The molecule has 1 amide bonds. The molecule has 0 spiro atoms. The Morgan fingerprint density at radius 2 is 2.16 bits per heavy atom. The van der Waals surface area contributed by atoms with Crippen molar-refractivity contribution in [3.8, 4) is 11.5 Å². The van der Waals surface area contributed by atoms with Crippen molar-refractivity contribution in [3.05, 3.63) is 23.3 Å². The highest BCUT2D eigenvalue weighted by atomic mass is 16.7. The van der Waals surface area contributed by atoms with Crippen molar-refractivity contribution in [1.82, 2.24) is 4.90 Å². The van der Waals surface area contributed by atoms with Crippen LogP contribution in [0.5, 0.6) is 11.5 Å². The number of aliphatic hydroxyl groups excluding tert-OH is 2. The summed E-state index contributed by atoms with van der Waals surface area (Å²) in [6, 6.07) is 2.99. The van der Waals surface area contributed by atoms with E-state index in [0.29, 0.717) is 35.6 Å². The fourth-order valence-corrected chi connectivity index (χ4v) is 3.36. The zero-order valence-corrected chi connectivity index (χ0v) is 14.8. The molecule has 7 nitrogen and oxygen atoms in total. The molecule has 7 heteroatoms. The van der Waals surface area contributed by atoms with Gasteiger partial charge in [0.1, 0.15) is 11.7 Å². The van der Waals surface area contributed by atoms with Gasteiger partial charge in [-0.15, -0.1) is 0 Å². The predicted molar refractivity (Wildman–Crippen MR) is 89.4 cm³/mol.